The number of anilines is 1. The predicted molar refractivity (Wildman–Crippen MR) is 91.9 cm³/mol. The summed E-state index contributed by atoms with van der Waals surface area (Å²) < 4.78 is 0. The number of para-hydroxylation sites is 1. The van der Waals surface area contributed by atoms with Crippen molar-refractivity contribution in [3.63, 3.8) is 0 Å². The van der Waals surface area contributed by atoms with Gasteiger partial charge in [0.2, 0.25) is 5.91 Å². The van der Waals surface area contributed by atoms with Crippen LogP contribution >= 0.6 is 23.7 Å². The molecule has 1 amide bonds. The molecule has 114 valence electrons. The Hall–Kier alpha value is -1.52. The minimum absolute atomic E-state index is 0. The van der Waals surface area contributed by atoms with Crippen molar-refractivity contribution in [1.82, 2.24) is 4.90 Å². The van der Waals surface area contributed by atoms with E-state index in [-0.39, 0.29) is 24.4 Å². The fourth-order valence-corrected chi connectivity index (χ4v) is 2.94. The third-order valence-electron chi connectivity index (χ3n) is 3.59. The lowest BCUT2D eigenvalue weighted by atomic mass is 10.1. The number of hydrogen-bond donors (Lipinski definition) is 1. The molecule has 0 aliphatic heterocycles. The van der Waals surface area contributed by atoms with E-state index in [0.717, 1.165) is 11.3 Å². The number of halogens is 1. The Morgan fingerprint density at radius 1 is 1.29 bits per heavy atom. The molecule has 2 rings (SSSR count). The van der Waals surface area contributed by atoms with Crippen LogP contribution in [0.25, 0.3) is 0 Å². The second-order valence-electron chi connectivity index (χ2n) is 4.89. The number of nitrogens with two attached hydrogens (primary N) is 1. The highest BCUT2D eigenvalue weighted by molar-refractivity contribution is 7.10. The van der Waals surface area contributed by atoms with Crippen molar-refractivity contribution in [2.75, 3.05) is 12.8 Å². The number of carbonyl (C=O) groups is 1. The summed E-state index contributed by atoms with van der Waals surface area (Å²) in [6.07, 6.45) is 1.17. The molecule has 1 atom stereocenters. The first kappa shape index (κ1) is 17.5. The van der Waals surface area contributed by atoms with Crippen LogP contribution in [0.2, 0.25) is 0 Å². The molecule has 21 heavy (non-hydrogen) atoms. The lowest BCUT2D eigenvalue weighted by molar-refractivity contribution is -0.131. The molecule has 0 radical (unpaired) electrons. The van der Waals surface area contributed by atoms with Gasteiger partial charge < -0.3 is 10.6 Å². The molecule has 0 saturated carbocycles. The van der Waals surface area contributed by atoms with E-state index < -0.39 is 0 Å². The summed E-state index contributed by atoms with van der Waals surface area (Å²) in [7, 11) is 1.86. The van der Waals surface area contributed by atoms with Crippen LogP contribution in [0, 0.1) is 0 Å². The average molecular weight is 325 g/mol. The summed E-state index contributed by atoms with van der Waals surface area (Å²) in [5, 5.41) is 2.04. The van der Waals surface area contributed by atoms with Gasteiger partial charge >= 0.3 is 0 Å². The van der Waals surface area contributed by atoms with Gasteiger partial charge in [0.1, 0.15) is 0 Å². The van der Waals surface area contributed by atoms with Gasteiger partial charge in [-0.25, -0.2) is 0 Å². The zero-order chi connectivity index (χ0) is 14.5. The molecule has 1 heterocycles. The van der Waals surface area contributed by atoms with Crippen molar-refractivity contribution in [2.45, 2.75) is 25.8 Å². The van der Waals surface area contributed by atoms with Crippen molar-refractivity contribution < 1.29 is 4.79 Å². The van der Waals surface area contributed by atoms with Crippen LogP contribution in [0.3, 0.4) is 0 Å². The average Bonchev–Trinajstić information content (AvgIpc) is 2.98. The molecule has 2 aromatic rings. The number of nitrogen functional groups attached to an aromatic ring is 1. The molecule has 1 aromatic heterocycles. The summed E-state index contributed by atoms with van der Waals surface area (Å²) in [6, 6.07) is 11.9. The standard InChI is InChI=1S/C16H20N2OS.ClH/c1-12(15-8-5-11-20-15)18(2)16(19)10-9-13-6-3-4-7-14(13)17;/h3-8,11-12H,9-10,17H2,1-2H3;1H. The number of nitrogens with zero attached hydrogens (tertiary/aromatic N) is 1. The van der Waals surface area contributed by atoms with E-state index in [2.05, 4.69) is 13.0 Å². The van der Waals surface area contributed by atoms with Crippen LogP contribution in [0.4, 0.5) is 5.69 Å². The van der Waals surface area contributed by atoms with Gasteiger partial charge in [-0.3, -0.25) is 4.79 Å². The van der Waals surface area contributed by atoms with E-state index in [9.17, 15) is 4.79 Å². The molecule has 0 saturated heterocycles. The van der Waals surface area contributed by atoms with E-state index in [1.54, 1.807) is 11.3 Å². The second kappa shape index (κ2) is 8.05. The van der Waals surface area contributed by atoms with Crippen LogP contribution in [-0.2, 0) is 11.2 Å². The Balaban J connectivity index is 0.00000220. The monoisotopic (exact) mass is 324 g/mol. The summed E-state index contributed by atoms with van der Waals surface area (Å²) in [4.78, 5) is 15.3. The largest absolute Gasteiger partial charge is 0.399 e. The third kappa shape index (κ3) is 4.48. The molecule has 3 nitrogen and oxygen atoms in total. The van der Waals surface area contributed by atoms with Crippen molar-refractivity contribution in [3.8, 4) is 0 Å². The van der Waals surface area contributed by atoms with E-state index in [0.29, 0.717) is 12.8 Å². The number of amides is 1. The van der Waals surface area contributed by atoms with E-state index in [1.807, 2.05) is 47.7 Å². The fourth-order valence-electron chi connectivity index (χ4n) is 2.12. The Morgan fingerprint density at radius 2 is 2.00 bits per heavy atom. The number of carbonyl (C=O) groups excluding carboxylic acids is 1. The van der Waals surface area contributed by atoms with Gasteiger partial charge in [-0.2, -0.15) is 0 Å². The van der Waals surface area contributed by atoms with Crippen molar-refractivity contribution >= 4 is 35.3 Å². The number of hydrogen-bond acceptors (Lipinski definition) is 3. The minimum Gasteiger partial charge on any atom is -0.399 e. The normalized spacial score (nSPS) is 11.5. The molecule has 0 aliphatic rings. The van der Waals surface area contributed by atoms with E-state index in [4.69, 9.17) is 5.73 Å². The van der Waals surface area contributed by atoms with Crippen LogP contribution in [0.1, 0.15) is 29.8 Å². The summed E-state index contributed by atoms with van der Waals surface area (Å²) >= 11 is 1.68. The number of rotatable bonds is 5. The molecule has 0 spiro atoms. The molecule has 5 heteroatoms. The highest BCUT2D eigenvalue weighted by atomic mass is 35.5. The molecule has 2 N–H and O–H groups in total. The van der Waals surface area contributed by atoms with Crippen LogP contribution in [-0.4, -0.2) is 17.9 Å². The van der Waals surface area contributed by atoms with E-state index >= 15 is 0 Å². The van der Waals surface area contributed by atoms with Crippen LogP contribution in [0.5, 0.6) is 0 Å². The zero-order valence-electron chi connectivity index (χ0n) is 12.3. The summed E-state index contributed by atoms with van der Waals surface area (Å²) in [5.74, 6) is 0.147. The SMILES string of the molecule is CC(c1cccs1)N(C)C(=O)CCc1ccccc1N.Cl. The molecule has 1 aromatic carbocycles. The number of aryl methyl sites for hydroxylation is 1. The van der Waals surface area contributed by atoms with Gasteiger partial charge in [0.05, 0.1) is 6.04 Å². The fraction of sp³-hybridized carbons (Fsp3) is 0.312. The molecule has 0 bridgehead atoms. The van der Waals surface area contributed by atoms with Gasteiger partial charge in [-0.1, -0.05) is 24.3 Å². The van der Waals surface area contributed by atoms with Gasteiger partial charge in [-0.15, -0.1) is 23.7 Å². The lowest BCUT2D eigenvalue weighted by Gasteiger charge is -2.24. The maximum atomic E-state index is 12.3. The smallest absolute Gasteiger partial charge is 0.223 e. The Morgan fingerprint density at radius 3 is 2.62 bits per heavy atom. The van der Waals surface area contributed by atoms with Crippen molar-refractivity contribution in [3.05, 3.63) is 52.2 Å². The Labute approximate surface area is 136 Å². The minimum atomic E-state index is 0. The van der Waals surface area contributed by atoms with Gasteiger partial charge in [0.25, 0.3) is 0 Å². The van der Waals surface area contributed by atoms with E-state index in [1.165, 1.54) is 4.88 Å². The summed E-state index contributed by atoms with van der Waals surface area (Å²) in [6.45, 7) is 2.06. The third-order valence-corrected chi connectivity index (χ3v) is 4.64. The second-order valence-corrected chi connectivity index (χ2v) is 5.87. The van der Waals surface area contributed by atoms with Gasteiger partial charge in [0.15, 0.2) is 0 Å². The van der Waals surface area contributed by atoms with Crippen LogP contribution in [0.15, 0.2) is 41.8 Å². The highest BCUT2D eigenvalue weighted by Gasteiger charge is 2.18. The predicted octanol–water partition coefficient (Wildman–Crippen LogP) is 3.90. The van der Waals surface area contributed by atoms with Crippen molar-refractivity contribution in [1.29, 1.82) is 0 Å². The first-order chi connectivity index (χ1) is 9.59. The maximum Gasteiger partial charge on any atom is 0.223 e. The summed E-state index contributed by atoms with van der Waals surface area (Å²) in [5.41, 5.74) is 7.70. The number of benzene rings is 1. The maximum absolute atomic E-state index is 12.3. The van der Waals surface area contributed by atoms with Crippen LogP contribution < -0.4 is 5.73 Å². The molecular formula is C16H21ClN2OS. The van der Waals surface area contributed by atoms with Crippen molar-refractivity contribution in [2.24, 2.45) is 0 Å². The van der Waals surface area contributed by atoms with Gasteiger partial charge in [-0.05, 0) is 36.4 Å². The zero-order valence-corrected chi connectivity index (χ0v) is 13.9. The van der Waals surface area contributed by atoms with Gasteiger partial charge in [0, 0.05) is 24.0 Å². The molecule has 0 fully saturated rings. The first-order valence-electron chi connectivity index (χ1n) is 6.72. The lowest BCUT2D eigenvalue weighted by Crippen LogP contribution is -2.29. The molecule has 0 aliphatic carbocycles. The molecular weight excluding hydrogens is 304 g/mol. The molecule has 1 unspecified atom stereocenters. The Bertz CT molecular complexity index is 571. The topological polar surface area (TPSA) is 46.3 Å². The first-order valence-corrected chi connectivity index (χ1v) is 7.60. The number of thiophene rings is 1. The highest BCUT2D eigenvalue weighted by Crippen LogP contribution is 2.24. The Kier molecular flexibility index (Phi) is 6.72. The quantitative estimate of drug-likeness (QED) is 0.848.